The first-order valence-electron chi connectivity index (χ1n) is 6.25. The fraction of sp³-hybridized carbons (Fsp3) is 0.833. The number of piperazine rings is 1. The normalized spacial score (nSPS) is 23.5. The van der Waals surface area contributed by atoms with Crippen molar-refractivity contribution in [2.75, 3.05) is 26.7 Å². The van der Waals surface area contributed by atoms with Gasteiger partial charge < -0.3 is 15.5 Å². The van der Waals surface area contributed by atoms with Crippen molar-refractivity contribution in [3.05, 3.63) is 0 Å². The zero-order valence-electron chi connectivity index (χ0n) is 11.0. The standard InChI is InChI=1S/C12H23N3OS/c1-4-5-10(11(13)17)12(16)15-7-6-14(3)9(2)8-15/h9-10H,4-8H2,1-3H3,(H2,13,17). The second-order valence-electron chi connectivity index (χ2n) is 4.86. The smallest absolute Gasteiger partial charge is 0.232 e. The number of hydrogen-bond acceptors (Lipinski definition) is 3. The van der Waals surface area contributed by atoms with Crippen LogP contribution in [0.4, 0.5) is 0 Å². The Balaban J connectivity index is 2.65. The molecule has 1 aliphatic heterocycles. The molecule has 0 aromatic heterocycles. The molecule has 0 saturated carbocycles. The Morgan fingerprint density at radius 2 is 2.18 bits per heavy atom. The van der Waals surface area contributed by atoms with E-state index in [0.717, 1.165) is 32.5 Å². The molecule has 0 aliphatic carbocycles. The predicted molar refractivity (Wildman–Crippen MR) is 73.9 cm³/mol. The fourth-order valence-corrected chi connectivity index (χ4v) is 2.36. The minimum Gasteiger partial charge on any atom is -0.393 e. The Kier molecular flexibility index (Phi) is 5.33. The van der Waals surface area contributed by atoms with Crippen LogP contribution < -0.4 is 5.73 Å². The molecule has 0 bridgehead atoms. The van der Waals surface area contributed by atoms with Crippen LogP contribution >= 0.6 is 12.2 Å². The SMILES string of the molecule is CCCC(C(=O)N1CCN(C)C(C)C1)C(N)=S. The minimum atomic E-state index is -0.273. The van der Waals surface area contributed by atoms with Crippen LogP contribution in [-0.2, 0) is 4.79 Å². The molecule has 1 amide bonds. The van der Waals surface area contributed by atoms with Gasteiger partial charge in [0, 0.05) is 25.7 Å². The Morgan fingerprint density at radius 3 is 2.65 bits per heavy atom. The molecule has 4 nitrogen and oxygen atoms in total. The monoisotopic (exact) mass is 257 g/mol. The number of hydrogen-bond donors (Lipinski definition) is 1. The summed E-state index contributed by atoms with van der Waals surface area (Å²) in [6, 6.07) is 0.404. The van der Waals surface area contributed by atoms with Crippen LogP contribution in [0, 0.1) is 5.92 Å². The number of likely N-dealkylation sites (N-methyl/N-ethyl adjacent to an activating group) is 1. The Morgan fingerprint density at radius 1 is 1.53 bits per heavy atom. The van der Waals surface area contributed by atoms with Crippen LogP contribution in [0.2, 0.25) is 0 Å². The van der Waals surface area contributed by atoms with Gasteiger partial charge in [0.15, 0.2) is 0 Å². The first-order valence-corrected chi connectivity index (χ1v) is 6.66. The molecule has 5 heteroatoms. The Labute approximate surface area is 109 Å². The molecule has 1 rings (SSSR count). The van der Waals surface area contributed by atoms with Gasteiger partial charge in [0.25, 0.3) is 0 Å². The van der Waals surface area contributed by atoms with Crippen molar-refractivity contribution in [1.82, 2.24) is 9.80 Å². The van der Waals surface area contributed by atoms with E-state index in [9.17, 15) is 4.79 Å². The van der Waals surface area contributed by atoms with E-state index in [2.05, 4.69) is 18.9 Å². The molecule has 0 radical (unpaired) electrons. The van der Waals surface area contributed by atoms with Crippen molar-refractivity contribution in [3.63, 3.8) is 0 Å². The largest absolute Gasteiger partial charge is 0.393 e. The fourth-order valence-electron chi connectivity index (χ4n) is 2.15. The second-order valence-corrected chi connectivity index (χ2v) is 5.33. The van der Waals surface area contributed by atoms with Gasteiger partial charge in [-0.3, -0.25) is 4.79 Å². The van der Waals surface area contributed by atoms with Crippen molar-refractivity contribution in [2.24, 2.45) is 11.7 Å². The lowest BCUT2D eigenvalue weighted by Gasteiger charge is -2.39. The highest BCUT2D eigenvalue weighted by atomic mass is 32.1. The van der Waals surface area contributed by atoms with Crippen molar-refractivity contribution in [3.8, 4) is 0 Å². The van der Waals surface area contributed by atoms with E-state index in [-0.39, 0.29) is 11.8 Å². The second kappa shape index (κ2) is 6.31. The van der Waals surface area contributed by atoms with Gasteiger partial charge in [-0.15, -0.1) is 0 Å². The molecule has 17 heavy (non-hydrogen) atoms. The van der Waals surface area contributed by atoms with Crippen LogP contribution in [0.3, 0.4) is 0 Å². The summed E-state index contributed by atoms with van der Waals surface area (Å²) in [7, 11) is 2.09. The zero-order valence-corrected chi connectivity index (χ0v) is 11.8. The Bertz CT molecular complexity index is 295. The lowest BCUT2D eigenvalue weighted by molar-refractivity contribution is -0.136. The van der Waals surface area contributed by atoms with Crippen molar-refractivity contribution in [1.29, 1.82) is 0 Å². The molecule has 0 spiro atoms. The highest BCUT2D eigenvalue weighted by molar-refractivity contribution is 7.80. The van der Waals surface area contributed by atoms with E-state index in [4.69, 9.17) is 18.0 Å². The number of carbonyl (C=O) groups excluding carboxylic acids is 1. The average Bonchev–Trinajstić information content (AvgIpc) is 2.28. The summed E-state index contributed by atoms with van der Waals surface area (Å²) in [4.78, 5) is 16.8. The van der Waals surface area contributed by atoms with Gasteiger partial charge in [-0.25, -0.2) is 0 Å². The van der Waals surface area contributed by atoms with Gasteiger partial charge in [-0.05, 0) is 20.4 Å². The maximum atomic E-state index is 12.3. The van der Waals surface area contributed by atoms with Gasteiger partial charge in [0.2, 0.25) is 5.91 Å². The summed E-state index contributed by atoms with van der Waals surface area (Å²) < 4.78 is 0. The van der Waals surface area contributed by atoms with Crippen LogP contribution in [-0.4, -0.2) is 53.4 Å². The molecular formula is C12H23N3OS. The first-order chi connectivity index (χ1) is 7.97. The number of nitrogens with zero attached hydrogens (tertiary/aromatic N) is 2. The quantitative estimate of drug-likeness (QED) is 0.759. The maximum absolute atomic E-state index is 12.3. The molecular weight excluding hydrogens is 234 g/mol. The molecule has 1 saturated heterocycles. The predicted octanol–water partition coefficient (Wildman–Crippen LogP) is 0.851. The lowest BCUT2D eigenvalue weighted by Crippen LogP contribution is -2.54. The summed E-state index contributed by atoms with van der Waals surface area (Å²) in [5, 5.41) is 0. The first kappa shape index (κ1) is 14.4. The van der Waals surface area contributed by atoms with Crippen molar-refractivity contribution in [2.45, 2.75) is 32.7 Å². The summed E-state index contributed by atoms with van der Waals surface area (Å²) in [5.41, 5.74) is 5.67. The van der Waals surface area contributed by atoms with Gasteiger partial charge in [0.05, 0.1) is 10.9 Å². The van der Waals surface area contributed by atoms with E-state index in [1.54, 1.807) is 0 Å². The maximum Gasteiger partial charge on any atom is 0.232 e. The number of nitrogens with two attached hydrogens (primary N) is 1. The third-order valence-electron chi connectivity index (χ3n) is 3.49. The van der Waals surface area contributed by atoms with Gasteiger partial charge in [0.1, 0.15) is 0 Å². The lowest BCUT2D eigenvalue weighted by atomic mass is 10.0. The van der Waals surface area contributed by atoms with Crippen molar-refractivity contribution >= 4 is 23.1 Å². The highest BCUT2D eigenvalue weighted by Crippen LogP contribution is 2.15. The van der Waals surface area contributed by atoms with Gasteiger partial charge in [-0.1, -0.05) is 25.6 Å². The third kappa shape index (κ3) is 3.64. The molecule has 1 fully saturated rings. The minimum absolute atomic E-state index is 0.110. The summed E-state index contributed by atoms with van der Waals surface area (Å²) in [6.07, 6.45) is 1.69. The molecule has 1 heterocycles. The topological polar surface area (TPSA) is 49.6 Å². The van der Waals surface area contributed by atoms with Crippen LogP contribution in [0.25, 0.3) is 0 Å². The highest BCUT2D eigenvalue weighted by Gasteiger charge is 2.30. The van der Waals surface area contributed by atoms with Crippen LogP contribution in [0.5, 0.6) is 0 Å². The van der Waals surface area contributed by atoms with Gasteiger partial charge in [-0.2, -0.15) is 0 Å². The molecule has 98 valence electrons. The van der Waals surface area contributed by atoms with Crippen LogP contribution in [0.15, 0.2) is 0 Å². The number of amides is 1. The molecule has 1 aliphatic rings. The molecule has 2 unspecified atom stereocenters. The number of rotatable bonds is 4. The summed E-state index contributed by atoms with van der Waals surface area (Å²) in [6.45, 7) is 6.66. The van der Waals surface area contributed by atoms with E-state index in [1.807, 2.05) is 11.8 Å². The molecule has 0 aromatic rings. The molecule has 2 atom stereocenters. The molecule has 2 N–H and O–H groups in total. The third-order valence-corrected chi connectivity index (χ3v) is 3.77. The Hall–Kier alpha value is -0.680. The zero-order chi connectivity index (χ0) is 13.0. The van der Waals surface area contributed by atoms with Gasteiger partial charge >= 0.3 is 0 Å². The van der Waals surface area contributed by atoms with E-state index in [1.165, 1.54) is 0 Å². The summed E-state index contributed by atoms with van der Waals surface area (Å²) in [5.74, 6) is -0.162. The van der Waals surface area contributed by atoms with E-state index >= 15 is 0 Å². The number of thiocarbonyl (C=S) groups is 1. The van der Waals surface area contributed by atoms with E-state index < -0.39 is 0 Å². The number of carbonyl (C=O) groups is 1. The van der Waals surface area contributed by atoms with Crippen LogP contribution in [0.1, 0.15) is 26.7 Å². The molecule has 0 aromatic carbocycles. The summed E-state index contributed by atoms with van der Waals surface area (Å²) >= 11 is 5.00. The van der Waals surface area contributed by atoms with E-state index in [0.29, 0.717) is 11.0 Å². The average molecular weight is 257 g/mol. The van der Waals surface area contributed by atoms with Crippen molar-refractivity contribution < 1.29 is 4.79 Å².